The Balaban J connectivity index is 2.60. The molecule has 0 aliphatic heterocycles. The quantitative estimate of drug-likeness (QED) is 0.731. The van der Waals surface area contributed by atoms with Gasteiger partial charge in [0.15, 0.2) is 0 Å². The van der Waals surface area contributed by atoms with Gasteiger partial charge in [0.2, 0.25) is 5.91 Å². The molecule has 4 nitrogen and oxygen atoms in total. The first-order valence-corrected chi connectivity index (χ1v) is 4.39. The molecule has 1 aromatic carbocycles. The summed E-state index contributed by atoms with van der Waals surface area (Å²) in [5.41, 5.74) is 2.43. The molecule has 82 valence electrons. The van der Waals surface area contributed by atoms with Crippen molar-refractivity contribution in [3.8, 4) is 0 Å². The van der Waals surface area contributed by atoms with Crippen LogP contribution in [0.25, 0.3) is 0 Å². The molecule has 2 N–H and O–H groups in total. The van der Waals surface area contributed by atoms with Gasteiger partial charge in [-0.3, -0.25) is 9.63 Å². The van der Waals surface area contributed by atoms with Gasteiger partial charge in [-0.1, -0.05) is 12.1 Å². The van der Waals surface area contributed by atoms with Crippen LogP contribution >= 0.6 is 0 Å². The van der Waals surface area contributed by atoms with Gasteiger partial charge in [-0.25, -0.2) is 9.87 Å². The summed E-state index contributed by atoms with van der Waals surface area (Å²) in [5.74, 6) is -0.909. The van der Waals surface area contributed by atoms with Crippen LogP contribution in [-0.2, 0) is 9.63 Å². The first kappa shape index (κ1) is 11.6. The number of hydroxylamine groups is 1. The second kappa shape index (κ2) is 5.43. The van der Waals surface area contributed by atoms with Crippen molar-refractivity contribution in [2.45, 2.75) is 12.5 Å². The number of hydrogen-bond donors (Lipinski definition) is 2. The Morgan fingerprint density at radius 2 is 2.40 bits per heavy atom. The first-order valence-electron chi connectivity index (χ1n) is 4.39. The molecule has 0 radical (unpaired) electrons. The van der Waals surface area contributed by atoms with E-state index < -0.39 is 17.8 Å². The number of benzene rings is 1. The van der Waals surface area contributed by atoms with Crippen LogP contribution in [-0.4, -0.2) is 18.1 Å². The molecule has 0 fully saturated rings. The average molecular weight is 213 g/mol. The summed E-state index contributed by atoms with van der Waals surface area (Å²) in [5, 5.41) is 9.56. The minimum atomic E-state index is -1.03. The molecule has 0 saturated carbocycles. The molecule has 1 atom stereocenters. The van der Waals surface area contributed by atoms with Crippen LogP contribution in [0.1, 0.15) is 18.1 Å². The Kier molecular flexibility index (Phi) is 4.20. The van der Waals surface area contributed by atoms with Crippen molar-refractivity contribution in [2.75, 3.05) is 7.11 Å². The highest BCUT2D eigenvalue weighted by Gasteiger charge is 2.13. The van der Waals surface area contributed by atoms with Gasteiger partial charge in [0, 0.05) is 0 Å². The molecule has 5 heteroatoms. The molecule has 1 amide bonds. The number of halogens is 1. The van der Waals surface area contributed by atoms with Crippen molar-refractivity contribution < 1.29 is 19.1 Å². The highest BCUT2D eigenvalue weighted by atomic mass is 19.1. The second-order valence-corrected chi connectivity index (χ2v) is 3.00. The number of amides is 1. The van der Waals surface area contributed by atoms with Crippen molar-refractivity contribution in [2.24, 2.45) is 0 Å². The summed E-state index contributed by atoms with van der Waals surface area (Å²) in [6.45, 7) is 0. The number of aliphatic hydroxyl groups is 1. The van der Waals surface area contributed by atoms with Crippen LogP contribution in [0.4, 0.5) is 4.39 Å². The van der Waals surface area contributed by atoms with Gasteiger partial charge < -0.3 is 5.11 Å². The highest BCUT2D eigenvalue weighted by Crippen LogP contribution is 2.16. The SMILES string of the molecule is CONC(=O)CC(O)c1cccc(F)c1. The van der Waals surface area contributed by atoms with Crippen molar-refractivity contribution >= 4 is 5.91 Å². The lowest BCUT2D eigenvalue weighted by Gasteiger charge is -2.10. The van der Waals surface area contributed by atoms with Crippen LogP contribution < -0.4 is 5.48 Å². The van der Waals surface area contributed by atoms with E-state index in [0.717, 1.165) is 0 Å². The molecular weight excluding hydrogens is 201 g/mol. The summed E-state index contributed by atoms with van der Waals surface area (Å²) in [4.78, 5) is 15.4. The van der Waals surface area contributed by atoms with Gasteiger partial charge in [-0.2, -0.15) is 0 Å². The fourth-order valence-corrected chi connectivity index (χ4v) is 1.16. The molecule has 0 aliphatic rings. The minimum Gasteiger partial charge on any atom is -0.388 e. The number of carbonyl (C=O) groups excluding carboxylic acids is 1. The molecule has 0 spiro atoms. The van der Waals surface area contributed by atoms with Gasteiger partial charge in [0.1, 0.15) is 5.82 Å². The Labute approximate surface area is 86.6 Å². The Morgan fingerprint density at radius 1 is 1.67 bits per heavy atom. The third kappa shape index (κ3) is 3.65. The van der Waals surface area contributed by atoms with E-state index in [0.29, 0.717) is 5.56 Å². The monoisotopic (exact) mass is 213 g/mol. The van der Waals surface area contributed by atoms with E-state index in [-0.39, 0.29) is 6.42 Å². The van der Waals surface area contributed by atoms with Crippen molar-refractivity contribution in [1.29, 1.82) is 0 Å². The summed E-state index contributed by atoms with van der Waals surface area (Å²) in [6.07, 6.45) is -1.20. The molecule has 0 aromatic heterocycles. The van der Waals surface area contributed by atoms with E-state index in [9.17, 15) is 14.3 Å². The number of rotatable bonds is 4. The third-order valence-electron chi connectivity index (χ3n) is 1.83. The first-order chi connectivity index (χ1) is 7.13. The Hall–Kier alpha value is -1.46. The summed E-state index contributed by atoms with van der Waals surface area (Å²) < 4.78 is 12.8. The maximum atomic E-state index is 12.8. The van der Waals surface area contributed by atoms with E-state index in [1.807, 2.05) is 0 Å². The van der Waals surface area contributed by atoms with Gasteiger partial charge in [0.25, 0.3) is 0 Å². The lowest BCUT2D eigenvalue weighted by atomic mass is 10.1. The fourth-order valence-electron chi connectivity index (χ4n) is 1.16. The lowest BCUT2D eigenvalue weighted by molar-refractivity contribution is -0.133. The van der Waals surface area contributed by atoms with Crippen LogP contribution in [0, 0.1) is 5.82 Å². The zero-order valence-corrected chi connectivity index (χ0v) is 8.24. The van der Waals surface area contributed by atoms with Crippen LogP contribution in [0.5, 0.6) is 0 Å². The summed E-state index contributed by atoms with van der Waals surface area (Å²) in [6, 6.07) is 5.48. The maximum absolute atomic E-state index is 12.8. The van der Waals surface area contributed by atoms with Crippen molar-refractivity contribution in [1.82, 2.24) is 5.48 Å². The molecular formula is C10H12FNO3. The highest BCUT2D eigenvalue weighted by molar-refractivity contribution is 5.75. The van der Waals surface area contributed by atoms with Crippen LogP contribution in [0.3, 0.4) is 0 Å². The largest absolute Gasteiger partial charge is 0.388 e. The fraction of sp³-hybridized carbons (Fsp3) is 0.300. The van der Waals surface area contributed by atoms with Crippen molar-refractivity contribution in [3.63, 3.8) is 0 Å². The van der Waals surface area contributed by atoms with Gasteiger partial charge >= 0.3 is 0 Å². The van der Waals surface area contributed by atoms with Gasteiger partial charge in [0.05, 0.1) is 19.6 Å². The molecule has 0 bridgehead atoms. The van der Waals surface area contributed by atoms with E-state index >= 15 is 0 Å². The van der Waals surface area contributed by atoms with E-state index in [1.54, 1.807) is 6.07 Å². The second-order valence-electron chi connectivity index (χ2n) is 3.00. The predicted molar refractivity (Wildman–Crippen MR) is 51.1 cm³/mol. The molecule has 15 heavy (non-hydrogen) atoms. The van der Waals surface area contributed by atoms with Gasteiger partial charge in [-0.15, -0.1) is 0 Å². The Morgan fingerprint density at radius 3 is 3.00 bits per heavy atom. The molecule has 1 unspecified atom stereocenters. The van der Waals surface area contributed by atoms with E-state index in [1.165, 1.54) is 25.3 Å². The van der Waals surface area contributed by atoms with Crippen LogP contribution in [0.15, 0.2) is 24.3 Å². The normalized spacial score (nSPS) is 12.2. The molecule has 1 rings (SSSR count). The number of carbonyl (C=O) groups is 1. The molecule has 0 aliphatic carbocycles. The summed E-state index contributed by atoms with van der Waals surface area (Å²) >= 11 is 0. The van der Waals surface area contributed by atoms with E-state index in [2.05, 4.69) is 10.3 Å². The minimum absolute atomic E-state index is 0.169. The van der Waals surface area contributed by atoms with Gasteiger partial charge in [-0.05, 0) is 17.7 Å². The number of aliphatic hydroxyl groups excluding tert-OH is 1. The molecule has 0 heterocycles. The third-order valence-corrected chi connectivity index (χ3v) is 1.83. The summed E-state index contributed by atoms with van der Waals surface area (Å²) in [7, 11) is 1.30. The van der Waals surface area contributed by atoms with Crippen molar-refractivity contribution in [3.05, 3.63) is 35.6 Å². The van der Waals surface area contributed by atoms with E-state index in [4.69, 9.17) is 0 Å². The Bertz CT molecular complexity index is 343. The zero-order valence-electron chi connectivity index (χ0n) is 8.24. The maximum Gasteiger partial charge on any atom is 0.246 e. The van der Waals surface area contributed by atoms with Crippen LogP contribution in [0.2, 0.25) is 0 Å². The lowest BCUT2D eigenvalue weighted by Crippen LogP contribution is -2.23. The predicted octanol–water partition coefficient (Wildman–Crippen LogP) is 0.927. The molecule has 0 saturated heterocycles. The number of hydrogen-bond acceptors (Lipinski definition) is 3. The number of nitrogens with one attached hydrogen (secondary N) is 1. The zero-order chi connectivity index (χ0) is 11.3. The smallest absolute Gasteiger partial charge is 0.246 e. The average Bonchev–Trinajstić information content (AvgIpc) is 2.18. The standard InChI is InChI=1S/C10H12FNO3/c1-15-12-10(14)6-9(13)7-3-2-4-8(11)5-7/h2-5,9,13H,6H2,1H3,(H,12,14). The molecule has 1 aromatic rings. The topological polar surface area (TPSA) is 58.6 Å².